The van der Waals surface area contributed by atoms with Crippen LogP contribution >= 0.6 is 0 Å². The summed E-state index contributed by atoms with van der Waals surface area (Å²) in [6, 6.07) is 14.0. The van der Waals surface area contributed by atoms with Crippen LogP contribution in [0, 0.1) is 37.0 Å². The Morgan fingerprint density at radius 2 is 1.47 bits per heavy atom. The van der Waals surface area contributed by atoms with E-state index in [-0.39, 0.29) is 22.3 Å². The molecule has 2 bridgehead atoms. The Labute approximate surface area is 439 Å². The summed E-state index contributed by atoms with van der Waals surface area (Å²) in [4.78, 5) is 101. The second-order valence-corrected chi connectivity index (χ2v) is 21.4. The van der Waals surface area contributed by atoms with E-state index < -0.39 is 167 Å². The van der Waals surface area contributed by atoms with Crippen molar-refractivity contribution in [2.75, 3.05) is 6.61 Å². The normalized spacial score (nSPS) is 28.2. The van der Waals surface area contributed by atoms with Gasteiger partial charge in [-0.3, -0.25) is 4.79 Å². The molecule has 11 atom stereocenters. The van der Waals surface area contributed by atoms with Crippen molar-refractivity contribution < 1.29 is 82.7 Å². The number of alkyl carbamates (subject to hydrolysis) is 1. The number of fused-ring (bicyclic) bond motifs is 5. The highest BCUT2D eigenvalue weighted by Gasteiger charge is 2.77. The number of rotatable bonds is 15. The van der Waals surface area contributed by atoms with E-state index in [1.165, 1.54) is 76.5 Å². The average Bonchev–Trinajstić information content (AvgIpc) is 4.04. The van der Waals surface area contributed by atoms with Gasteiger partial charge in [0.25, 0.3) is 0 Å². The number of amides is 1. The molecular weight excluding hydrogens is 1010 g/mol. The van der Waals surface area contributed by atoms with Gasteiger partial charge in [-0.15, -0.1) is 0 Å². The summed E-state index contributed by atoms with van der Waals surface area (Å²) in [6.45, 7) is 8.87. The third-order valence-corrected chi connectivity index (χ3v) is 15.2. The fraction of sp³-hybridized carbons (Fsp3) is 0.510. The molecule has 77 heavy (non-hydrogen) atoms. The van der Waals surface area contributed by atoms with Crippen molar-refractivity contribution in [3.63, 3.8) is 0 Å². The van der Waals surface area contributed by atoms with E-state index in [0.29, 0.717) is 0 Å². The van der Waals surface area contributed by atoms with Gasteiger partial charge in [0.15, 0.2) is 18.0 Å². The molecule has 5 N–H and O–H groups in total. The Balaban J connectivity index is 1.20. The lowest BCUT2D eigenvalue weighted by molar-refractivity contribution is -0.397. The first-order chi connectivity index (χ1) is 36.1. The van der Waals surface area contributed by atoms with Crippen molar-refractivity contribution in [1.29, 1.82) is 0 Å². The SMILES string of the molecule is CC1=C2C(O)C(=O)[C@]3(C)C(OC(=O)OC(Cn4ccnc4[N+](=O)[O-])Cn4ccnc4[N+](=O)[O-])CC4OCC4(O)C3C(OC(=O)c3ccccc3)C(O)(CC1OC(=O)C(O)C(NC(=O)OC(C)(C)C)c1ccccc1)C2(C)C. The largest absolute Gasteiger partial charge is 0.509 e. The first-order valence-corrected chi connectivity index (χ1v) is 24.5. The van der Waals surface area contributed by atoms with Crippen molar-refractivity contribution in [3.05, 3.63) is 128 Å². The average molecular weight is 1070 g/mol. The van der Waals surface area contributed by atoms with Crippen molar-refractivity contribution in [2.45, 2.75) is 140 Å². The number of nitrogens with zero attached hydrogens (tertiary/aromatic N) is 6. The summed E-state index contributed by atoms with van der Waals surface area (Å²) >= 11 is 0. The topological polar surface area (TPSA) is 356 Å². The predicted octanol–water partition coefficient (Wildman–Crippen LogP) is 3.83. The Bertz CT molecular complexity index is 2920. The van der Waals surface area contributed by atoms with Gasteiger partial charge in [0, 0.05) is 24.2 Å². The summed E-state index contributed by atoms with van der Waals surface area (Å²) in [5, 5.41) is 77.2. The van der Waals surface area contributed by atoms with Crippen LogP contribution < -0.4 is 5.32 Å². The molecule has 4 aliphatic rings. The molecule has 4 aromatic rings. The number of carbonyl (C=O) groups excluding carboxylic acids is 5. The fourth-order valence-electron chi connectivity index (χ4n) is 11.4. The number of nitro groups is 2. The maximum Gasteiger partial charge on any atom is 0.509 e. The monoisotopic (exact) mass is 1070 g/mol. The highest BCUT2D eigenvalue weighted by molar-refractivity contribution is 5.94. The second kappa shape index (κ2) is 20.7. The van der Waals surface area contributed by atoms with Gasteiger partial charge in [0.1, 0.15) is 79.1 Å². The lowest BCUT2D eigenvalue weighted by atomic mass is 9.44. The number of ketones is 1. The Morgan fingerprint density at radius 1 is 0.896 bits per heavy atom. The minimum Gasteiger partial charge on any atom is -0.456 e. The first-order valence-electron chi connectivity index (χ1n) is 24.5. The van der Waals surface area contributed by atoms with Gasteiger partial charge in [-0.05, 0) is 73.3 Å². The van der Waals surface area contributed by atoms with E-state index in [1.54, 1.807) is 45.0 Å². The van der Waals surface area contributed by atoms with Crippen LogP contribution in [0.5, 0.6) is 0 Å². The van der Waals surface area contributed by atoms with Crippen molar-refractivity contribution in [2.24, 2.45) is 16.7 Å². The number of aliphatic hydroxyl groups is 4. The zero-order valence-corrected chi connectivity index (χ0v) is 42.9. The number of hydrogen-bond donors (Lipinski definition) is 5. The van der Waals surface area contributed by atoms with Crippen molar-refractivity contribution in [1.82, 2.24) is 24.4 Å². The molecule has 1 aliphatic heterocycles. The quantitative estimate of drug-likeness (QED) is 0.0371. The molecule has 1 amide bonds. The second-order valence-electron chi connectivity index (χ2n) is 21.4. The molecule has 2 aromatic carbocycles. The number of carbonyl (C=O) groups is 5. The summed E-state index contributed by atoms with van der Waals surface area (Å²) in [5.41, 5.74) is -9.89. The first kappa shape index (κ1) is 55.6. The lowest BCUT2D eigenvalue weighted by Crippen LogP contribution is -2.81. The van der Waals surface area contributed by atoms with Crippen LogP contribution in [0.15, 0.2) is 96.6 Å². The lowest BCUT2D eigenvalue weighted by Gasteiger charge is -2.67. The number of esters is 2. The molecule has 3 heterocycles. The van der Waals surface area contributed by atoms with Crippen LogP contribution in [-0.4, -0.2) is 145 Å². The van der Waals surface area contributed by atoms with Gasteiger partial charge in [-0.25, -0.2) is 28.3 Å². The van der Waals surface area contributed by atoms with Gasteiger partial charge in [-0.1, -0.05) is 72.3 Å². The van der Waals surface area contributed by atoms with Gasteiger partial charge < -0.3 is 74.4 Å². The number of benzene rings is 2. The molecule has 26 heteroatoms. The number of nitrogens with one attached hydrogen (secondary N) is 1. The van der Waals surface area contributed by atoms with Gasteiger partial charge in [0.2, 0.25) is 0 Å². The van der Waals surface area contributed by atoms with E-state index in [2.05, 4.69) is 15.3 Å². The van der Waals surface area contributed by atoms with E-state index >= 15 is 4.79 Å². The Morgan fingerprint density at radius 3 is 2.00 bits per heavy atom. The number of hydrogen-bond acceptors (Lipinski definition) is 21. The van der Waals surface area contributed by atoms with Crippen LogP contribution in [0.1, 0.15) is 83.3 Å². The molecule has 8 rings (SSSR count). The van der Waals surface area contributed by atoms with Crippen molar-refractivity contribution in [3.8, 4) is 0 Å². The molecule has 3 fully saturated rings. The predicted molar refractivity (Wildman–Crippen MR) is 261 cm³/mol. The minimum atomic E-state index is -2.56. The smallest absolute Gasteiger partial charge is 0.456 e. The molecule has 412 valence electrons. The van der Waals surface area contributed by atoms with E-state index in [0.717, 1.165) is 21.5 Å². The summed E-state index contributed by atoms with van der Waals surface area (Å²) in [7, 11) is 0. The summed E-state index contributed by atoms with van der Waals surface area (Å²) < 4.78 is 37.4. The van der Waals surface area contributed by atoms with Crippen LogP contribution in [-0.2, 0) is 51.1 Å². The molecule has 0 spiro atoms. The maximum atomic E-state index is 15.7. The molecule has 10 unspecified atom stereocenters. The Kier molecular flexibility index (Phi) is 14.9. The zero-order valence-electron chi connectivity index (χ0n) is 42.9. The molecule has 1 saturated heterocycles. The fourth-order valence-corrected chi connectivity index (χ4v) is 11.4. The van der Waals surface area contributed by atoms with Gasteiger partial charge >= 0.3 is 36.1 Å². The van der Waals surface area contributed by atoms with E-state index in [1.807, 2.05) is 0 Å². The number of aliphatic hydroxyl groups excluding tert-OH is 2. The summed E-state index contributed by atoms with van der Waals surface area (Å²) in [5.74, 6) is -6.70. The van der Waals surface area contributed by atoms with Crippen LogP contribution in [0.3, 0.4) is 0 Å². The maximum absolute atomic E-state index is 15.7. The van der Waals surface area contributed by atoms with Gasteiger partial charge in [0.05, 0.1) is 29.7 Å². The Hall–Kier alpha value is -7.65. The molecular formula is C51H59N7O19. The van der Waals surface area contributed by atoms with E-state index in [9.17, 15) is 59.8 Å². The van der Waals surface area contributed by atoms with Crippen LogP contribution in [0.25, 0.3) is 0 Å². The van der Waals surface area contributed by atoms with Crippen molar-refractivity contribution >= 4 is 41.9 Å². The van der Waals surface area contributed by atoms with Crippen LogP contribution in [0.2, 0.25) is 0 Å². The zero-order chi connectivity index (χ0) is 56.2. The number of imidazole rings is 2. The van der Waals surface area contributed by atoms with E-state index in [4.69, 9.17) is 28.4 Å². The molecule has 26 nitrogen and oxygen atoms in total. The third kappa shape index (κ3) is 10.2. The summed E-state index contributed by atoms with van der Waals surface area (Å²) in [6.07, 6.45) is -11.7. The third-order valence-electron chi connectivity index (χ3n) is 15.2. The standard InChI is InChI=1S/C51H59N7O19/c1-27-31(74-42(63)37(60)35(28-14-10-8-11-15-28)54-45(64)77-47(2,3)4)23-51(67)40(76-41(62)29-16-12-9-13-17-29)38-49(7,39(61)36(59)34(27)48(51,5)6)32(22-33-50(38,66)26-72-33)75-46(65)73-30(24-55-20-18-52-43(55)57(68)69)25-56-21-19-53-44(56)58(70)71/h8-21,30-33,35-38,40,59-60,66-67H,22-26H2,1-7H3,(H,54,64)/t31?,32?,33?,35?,36?,37?,38?,40?,49-,50?,51?/m1/s1. The molecule has 2 aromatic heterocycles. The number of aromatic nitrogens is 4. The molecule has 3 aliphatic carbocycles. The van der Waals surface area contributed by atoms with Gasteiger partial charge in [-0.2, -0.15) is 0 Å². The molecule has 2 saturated carbocycles. The molecule has 0 radical (unpaired) electrons. The highest BCUT2D eigenvalue weighted by atomic mass is 16.7. The highest BCUT2D eigenvalue weighted by Crippen LogP contribution is 2.64. The van der Waals surface area contributed by atoms with Crippen LogP contribution in [0.4, 0.5) is 21.5 Å². The number of ether oxygens (including phenoxy) is 6. The minimum absolute atomic E-state index is 0.0221. The number of Topliss-reactive ketones (excluding diaryl/α,β-unsaturated/α-hetero) is 1.